The number of hydrogen-bond donors (Lipinski definition) is 3. The van der Waals surface area contributed by atoms with Crippen LogP contribution in [0.15, 0.2) is 12.3 Å². The third-order valence-corrected chi connectivity index (χ3v) is 2.81. The van der Waals surface area contributed by atoms with Crippen molar-refractivity contribution in [2.45, 2.75) is 26.2 Å². The summed E-state index contributed by atoms with van der Waals surface area (Å²) >= 11 is 0. The van der Waals surface area contributed by atoms with Gasteiger partial charge in [-0.05, 0) is 25.0 Å². The second-order valence-corrected chi connectivity index (χ2v) is 4.66. The Balaban J connectivity index is 2.14. The summed E-state index contributed by atoms with van der Waals surface area (Å²) in [4.78, 5) is 26.5. The molecule has 21 heavy (non-hydrogen) atoms. The number of nitrogens with zero attached hydrogens (tertiary/aromatic N) is 1. The quantitative estimate of drug-likeness (QED) is 0.484. The Morgan fingerprint density at radius 1 is 1.33 bits per heavy atom. The molecule has 4 N–H and O–H groups in total. The fourth-order valence-corrected chi connectivity index (χ4v) is 1.67. The van der Waals surface area contributed by atoms with Crippen molar-refractivity contribution in [1.82, 2.24) is 10.3 Å². The first-order valence-corrected chi connectivity index (χ1v) is 6.82. The largest absolute Gasteiger partial charge is 0.469 e. The van der Waals surface area contributed by atoms with Crippen molar-refractivity contribution in [2.75, 3.05) is 31.2 Å². The summed E-state index contributed by atoms with van der Waals surface area (Å²) in [6, 6.07) is 1.85. The lowest BCUT2D eigenvalue weighted by molar-refractivity contribution is -0.142. The van der Waals surface area contributed by atoms with Gasteiger partial charge in [0.1, 0.15) is 5.82 Å². The highest BCUT2D eigenvalue weighted by Crippen LogP contribution is 2.15. The molecule has 1 heterocycles. The van der Waals surface area contributed by atoms with Gasteiger partial charge in [0.2, 0.25) is 5.91 Å². The van der Waals surface area contributed by atoms with E-state index in [0.29, 0.717) is 24.6 Å². The van der Waals surface area contributed by atoms with E-state index in [1.165, 1.54) is 7.11 Å². The lowest BCUT2D eigenvalue weighted by atomic mass is 10.3. The lowest BCUT2D eigenvalue weighted by Crippen LogP contribution is -2.26. The van der Waals surface area contributed by atoms with E-state index in [1.807, 2.05) is 13.0 Å². The fraction of sp³-hybridized carbons (Fsp3) is 0.500. The minimum absolute atomic E-state index is 0.102. The first-order chi connectivity index (χ1) is 10.0. The van der Waals surface area contributed by atoms with Gasteiger partial charge in [-0.15, -0.1) is 0 Å². The number of nitrogens with one attached hydrogen (secondary N) is 2. The predicted molar refractivity (Wildman–Crippen MR) is 80.8 cm³/mol. The molecule has 0 aliphatic carbocycles. The molecule has 0 aliphatic rings. The summed E-state index contributed by atoms with van der Waals surface area (Å²) in [5.41, 5.74) is 7.45. The monoisotopic (exact) mass is 294 g/mol. The van der Waals surface area contributed by atoms with Crippen LogP contribution in [0.25, 0.3) is 0 Å². The molecule has 0 radical (unpaired) electrons. The first kappa shape index (κ1) is 16.7. The van der Waals surface area contributed by atoms with Gasteiger partial charge in [-0.25, -0.2) is 4.98 Å². The van der Waals surface area contributed by atoms with Gasteiger partial charge in [0.25, 0.3) is 0 Å². The molecule has 1 aromatic rings. The van der Waals surface area contributed by atoms with E-state index in [9.17, 15) is 9.59 Å². The molecule has 116 valence electrons. The number of hydrogen-bond acceptors (Lipinski definition) is 6. The van der Waals surface area contributed by atoms with Crippen molar-refractivity contribution < 1.29 is 14.3 Å². The maximum absolute atomic E-state index is 11.4. The number of ether oxygens (including phenoxy) is 1. The first-order valence-electron chi connectivity index (χ1n) is 6.82. The van der Waals surface area contributed by atoms with Crippen LogP contribution < -0.4 is 16.4 Å². The van der Waals surface area contributed by atoms with Gasteiger partial charge in [-0.1, -0.05) is 0 Å². The van der Waals surface area contributed by atoms with E-state index in [2.05, 4.69) is 20.4 Å². The number of pyridine rings is 1. The van der Waals surface area contributed by atoms with Crippen molar-refractivity contribution in [1.29, 1.82) is 0 Å². The molecule has 1 amide bonds. The van der Waals surface area contributed by atoms with Crippen LogP contribution in [0.4, 0.5) is 11.5 Å². The number of nitrogens with two attached hydrogens (primary N) is 1. The summed E-state index contributed by atoms with van der Waals surface area (Å²) in [6.45, 7) is 3.10. The van der Waals surface area contributed by atoms with Gasteiger partial charge in [-0.2, -0.15) is 0 Å². The number of esters is 1. The van der Waals surface area contributed by atoms with Crippen LogP contribution in [0, 0.1) is 6.92 Å². The van der Waals surface area contributed by atoms with Crippen LogP contribution in [0.1, 0.15) is 24.8 Å². The maximum atomic E-state index is 11.4. The maximum Gasteiger partial charge on any atom is 0.306 e. The second-order valence-electron chi connectivity index (χ2n) is 4.66. The summed E-state index contributed by atoms with van der Waals surface area (Å²) in [5.74, 6) is 0.110. The summed E-state index contributed by atoms with van der Waals surface area (Å²) in [5, 5.41) is 5.85. The van der Waals surface area contributed by atoms with Gasteiger partial charge < -0.3 is 21.1 Å². The zero-order chi connectivity index (χ0) is 15.7. The lowest BCUT2D eigenvalue weighted by Gasteiger charge is -2.09. The normalized spacial score (nSPS) is 10.0. The third-order valence-electron chi connectivity index (χ3n) is 2.81. The molecular formula is C14H22N4O3. The number of aryl methyl sites for hydroxylation is 1. The SMILES string of the molecule is COC(=O)CCC(=O)NCCCNc1ncc(C)cc1N. The Kier molecular flexibility index (Phi) is 7.00. The Bertz CT molecular complexity index is 491. The van der Waals surface area contributed by atoms with Crippen molar-refractivity contribution >= 4 is 23.4 Å². The number of anilines is 2. The molecule has 0 spiro atoms. The zero-order valence-corrected chi connectivity index (χ0v) is 12.4. The van der Waals surface area contributed by atoms with Gasteiger partial charge in [-0.3, -0.25) is 9.59 Å². The van der Waals surface area contributed by atoms with Gasteiger partial charge in [0, 0.05) is 25.7 Å². The molecule has 1 aromatic heterocycles. The second kappa shape index (κ2) is 8.78. The van der Waals surface area contributed by atoms with Crippen molar-refractivity contribution in [3.8, 4) is 0 Å². The number of carbonyl (C=O) groups excluding carboxylic acids is 2. The topological polar surface area (TPSA) is 106 Å². The fourth-order valence-electron chi connectivity index (χ4n) is 1.67. The molecule has 0 bridgehead atoms. The summed E-state index contributed by atoms with van der Waals surface area (Å²) in [6.07, 6.45) is 2.73. The number of amides is 1. The Morgan fingerprint density at radius 2 is 2.10 bits per heavy atom. The smallest absolute Gasteiger partial charge is 0.306 e. The molecule has 0 saturated heterocycles. The van der Waals surface area contributed by atoms with Crippen LogP contribution in [-0.4, -0.2) is 37.1 Å². The van der Waals surface area contributed by atoms with Crippen LogP contribution in [0.5, 0.6) is 0 Å². The Hall–Kier alpha value is -2.31. The van der Waals surface area contributed by atoms with Gasteiger partial charge in [0.15, 0.2) is 0 Å². The Morgan fingerprint density at radius 3 is 2.76 bits per heavy atom. The molecule has 0 atom stereocenters. The zero-order valence-electron chi connectivity index (χ0n) is 12.4. The van der Waals surface area contributed by atoms with Crippen LogP contribution >= 0.6 is 0 Å². The molecule has 0 saturated carbocycles. The number of nitrogen functional groups attached to an aromatic ring is 1. The minimum Gasteiger partial charge on any atom is -0.469 e. The molecule has 0 aliphatic heterocycles. The van der Waals surface area contributed by atoms with E-state index in [-0.39, 0.29) is 24.7 Å². The molecular weight excluding hydrogens is 272 g/mol. The van der Waals surface area contributed by atoms with Gasteiger partial charge >= 0.3 is 5.97 Å². The van der Waals surface area contributed by atoms with Crippen molar-refractivity contribution in [2.24, 2.45) is 0 Å². The van der Waals surface area contributed by atoms with Crippen molar-refractivity contribution in [3.63, 3.8) is 0 Å². The summed E-state index contributed by atoms with van der Waals surface area (Å²) in [7, 11) is 1.30. The third kappa shape index (κ3) is 6.60. The molecule has 0 fully saturated rings. The number of rotatable bonds is 8. The summed E-state index contributed by atoms with van der Waals surface area (Å²) < 4.78 is 4.46. The van der Waals surface area contributed by atoms with E-state index in [1.54, 1.807) is 6.20 Å². The number of aromatic nitrogens is 1. The predicted octanol–water partition coefficient (Wildman–Crippen LogP) is 0.844. The number of carbonyl (C=O) groups is 2. The number of methoxy groups -OCH3 is 1. The van der Waals surface area contributed by atoms with Crippen LogP contribution in [0.3, 0.4) is 0 Å². The molecule has 7 nitrogen and oxygen atoms in total. The van der Waals surface area contributed by atoms with E-state index in [0.717, 1.165) is 12.0 Å². The van der Waals surface area contributed by atoms with Crippen molar-refractivity contribution in [3.05, 3.63) is 17.8 Å². The van der Waals surface area contributed by atoms with Gasteiger partial charge in [0.05, 0.1) is 19.2 Å². The van der Waals surface area contributed by atoms with E-state index in [4.69, 9.17) is 5.73 Å². The Labute approximate surface area is 124 Å². The van der Waals surface area contributed by atoms with E-state index < -0.39 is 0 Å². The average Bonchev–Trinajstić information content (AvgIpc) is 2.46. The van der Waals surface area contributed by atoms with Crippen LogP contribution in [0.2, 0.25) is 0 Å². The highest BCUT2D eigenvalue weighted by Gasteiger charge is 2.06. The van der Waals surface area contributed by atoms with Crippen LogP contribution in [-0.2, 0) is 14.3 Å². The highest BCUT2D eigenvalue weighted by molar-refractivity contribution is 5.81. The standard InChI is InChI=1S/C14H22N4O3/c1-10-8-11(15)14(18-9-10)17-7-3-6-16-12(19)4-5-13(20)21-2/h8-9H,3-7,15H2,1-2H3,(H,16,19)(H,17,18). The molecule has 1 rings (SSSR count). The molecule has 7 heteroatoms. The minimum atomic E-state index is -0.382. The van der Waals surface area contributed by atoms with E-state index >= 15 is 0 Å². The molecule has 0 unspecified atom stereocenters. The average molecular weight is 294 g/mol. The molecule has 0 aromatic carbocycles. The highest BCUT2D eigenvalue weighted by atomic mass is 16.5.